The molecule has 0 unspecified atom stereocenters. The summed E-state index contributed by atoms with van der Waals surface area (Å²) in [5, 5.41) is 12.4. The standard InChI is InChI=1S/C12H10F3N3O2/c1-6-7(2)18(17-10(6)12(13,14)15)9-5-8(11(19)20)3-4-16-9/h3-5H,1-2H3,(H,19,20). The Kier molecular flexibility index (Phi) is 3.24. The van der Waals surface area contributed by atoms with Crippen LogP contribution in [-0.4, -0.2) is 25.8 Å². The highest BCUT2D eigenvalue weighted by molar-refractivity contribution is 5.87. The van der Waals surface area contributed by atoms with Gasteiger partial charge in [-0.1, -0.05) is 0 Å². The smallest absolute Gasteiger partial charge is 0.435 e. The second kappa shape index (κ2) is 4.62. The molecule has 0 spiro atoms. The van der Waals surface area contributed by atoms with Gasteiger partial charge >= 0.3 is 12.1 Å². The highest BCUT2D eigenvalue weighted by atomic mass is 19.4. The number of aromatic carboxylic acids is 1. The SMILES string of the molecule is Cc1c(C(F)(F)F)nn(-c2cc(C(=O)O)ccn2)c1C. The summed E-state index contributed by atoms with van der Waals surface area (Å²) < 4.78 is 39.3. The maximum atomic E-state index is 12.8. The van der Waals surface area contributed by atoms with Crippen LogP contribution in [0.15, 0.2) is 18.3 Å². The molecule has 0 saturated heterocycles. The number of alkyl halides is 3. The number of pyridine rings is 1. The maximum Gasteiger partial charge on any atom is 0.435 e. The largest absolute Gasteiger partial charge is 0.478 e. The number of aromatic nitrogens is 3. The molecule has 0 amide bonds. The Bertz CT molecular complexity index is 677. The van der Waals surface area contributed by atoms with Crippen molar-refractivity contribution in [3.8, 4) is 5.82 Å². The highest BCUT2D eigenvalue weighted by Gasteiger charge is 2.37. The molecule has 0 saturated carbocycles. The molecule has 0 atom stereocenters. The van der Waals surface area contributed by atoms with E-state index in [0.717, 1.165) is 4.68 Å². The van der Waals surface area contributed by atoms with Gasteiger partial charge in [0.2, 0.25) is 0 Å². The summed E-state index contributed by atoms with van der Waals surface area (Å²) in [5.41, 5.74) is -0.832. The Morgan fingerprint density at radius 2 is 2.00 bits per heavy atom. The molecule has 0 aliphatic carbocycles. The minimum Gasteiger partial charge on any atom is -0.478 e. The predicted octanol–water partition coefficient (Wildman–Crippen LogP) is 2.60. The number of carbonyl (C=O) groups is 1. The van der Waals surface area contributed by atoms with Crippen molar-refractivity contribution >= 4 is 5.97 Å². The molecule has 0 fully saturated rings. The summed E-state index contributed by atoms with van der Waals surface area (Å²) in [5.74, 6) is -1.16. The quantitative estimate of drug-likeness (QED) is 0.921. The van der Waals surface area contributed by atoms with Gasteiger partial charge in [-0.2, -0.15) is 18.3 Å². The van der Waals surface area contributed by atoms with E-state index in [0.29, 0.717) is 0 Å². The zero-order valence-electron chi connectivity index (χ0n) is 10.6. The van der Waals surface area contributed by atoms with E-state index >= 15 is 0 Å². The van der Waals surface area contributed by atoms with Crippen LogP contribution in [0, 0.1) is 13.8 Å². The van der Waals surface area contributed by atoms with Gasteiger partial charge < -0.3 is 5.11 Å². The normalized spacial score (nSPS) is 11.7. The summed E-state index contributed by atoms with van der Waals surface area (Å²) >= 11 is 0. The molecule has 0 aliphatic heterocycles. The van der Waals surface area contributed by atoms with Crippen LogP contribution in [0.1, 0.15) is 27.3 Å². The van der Waals surface area contributed by atoms with Crippen LogP contribution < -0.4 is 0 Å². The number of carboxylic acid groups (broad SMARTS) is 1. The zero-order chi connectivity index (χ0) is 15.1. The summed E-state index contributed by atoms with van der Waals surface area (Å²) in [6.45, 7) is 2.77. The first kappa shape index (κ1) is 14.0. The van der Waals surface area contributed by atoms with Crippen LogP contribution >= 0.6 is 0 Å². The Labute approximate surface area is 111 Å². The molecule has 1 N–H and O–H groups in total. The summed E-state index contributed by atoms with van der Waals surface area (Å²) in [4.78, 5) is 14.7. The zero-order valence-corrected chi connectivity index (χ0v) is 10.6. The molecule has 8 heteroatoms. The Hall–Kier alpha value is -2.38. The number of hydrogen-bond donors (Lipinski definition) is 1. The number of halogens is 3. The second-order valence-electron chi connectivity index (χ2n) is 4.18. The van der Waals surface area contributed by atoms with E-state index in [1.165, 1.54) is 32.2 Å². The van der Waals surface area contributed by atoms with E-state index in [9.17, 15) is 18.0 Å². The third kappa shape index (κ3) is 2.36. The third-order valence-corrected chi connectivity index (χ3v) is 2.89. The van der Waals surface area contributed by atoms with Crippen molar-refractivity contribution in [3.63, 3.8) is 0 Å². The van der Waals surface area contributed by atoms with Crippen molar-refractivity contribution in [2.75, 3.05) is 0 Å². The molecule has 106 valence electrons. The average molecular weight is 285 g/mol. The van der Waals surface area contributed by atoms with Crippen LogP contribution in [0.3, 0.4) is 0 Å². The molecule has 0 aromatic carbocycles. The van der Waals surface area contributed by atoms with Crippen LogP contribution in [-0.2, 0) is 6.18 Å². The fraction of sp³-hybridized carbons (Fsp3) is 0.250. The number of rotatable bonds is 2. The molecular formula is C12H10F3N3O2. The van der Waals surface area contributed by atoms with Gasteiger partial charge in [0, 0.05) is 17.5 Å². The molecule has 0 aliphatic rings. The maximum absolute atomic E-state index is 12.8. The van der Waals surface area contributed by atoms with Crippen LogP contribution in [0.2, 0.25) is 0 Å². The minimum atomic E-state index is -4.56. The van der Waals surface area contributed by atoms with E-state index < -0.39 is 17.8 Å². The van der Waals surface area contributed by atoms with E-state index in [4.69, 9.17) is 5.11 Å². The topological polar surface area (TPSA) is 68.0 Å². The van der Waals surface area contributed by atoms with Crippen LogP contribution in [0.25, 0.3) is 5.82 Å². The second-order valence-corrected chi connectivity index (χ2v) is 4.18. The third-order valence-electron chi connectivity index (χ3n) is 2.89. The Morgan fingerprint density at radius 3 is 2.50 bits per heavy atom. The van der Waals surface area contributed by atoms with Gasteiger partial charge in [-0.25, -0.2) is 14.5 Å². The van der Waals surface area contributed by atoms with Crippen molar-refractivity contribution in [2.24, 2.45) is 0 Å². The first-order valence-corrected chi connectivity index (χ1v) is 5.55. The van der Waals surface area contributed by atoms with Crippen LogP contribution in [0.5, 0.6) is 0 Å². The van der Waals surface area contributed by atoms with Gasteiger partial charge in [0.1, 0.15) is 0 Å². The molecular weight excluding hydrogens is 275 g/mol. The van der Waals surface area contributed by atoms with Gasteiger partial charge in [-0.15, -0.1) is 0 Å². The van der Waals surface area contributed by atoms with E-state index in [1.54, 1.807) is 0 Å². The van der Waals surface area contributed by atoms with Gasteiger partial charge in [-0.3, -0.25) is 0 Å². The number of nitrogens with zero attached hydrogens (tertiary/aromatic N) is 3. The fourth-order valence-corrected chi connectivity index (χ4v) is 1.74. The molecule has 2 aromatic heterocycles. The van der Waals surface area contributed by atoms with E-state index in [-0.39, 0.29) is 22.6 Å². The Balaban J connectivity index is 2.59. The lowest BCUT2D eigenvalue weighted by Gasteiger charge is -2.04. The lowest BCUT2D eigenvalue weighted by molar-refractivity contribution is -0.141. The molecule has 0 bridgehead atoms. The van der Waals surface area contributed by atoms with Gasteiger partial charge in [0.05, 0.1) is 5.56 Å². The van der Waals surface area contributed by atoms with Crippen molar-refractivity contribution < 1.29 is 23.1 Å². The average Bonchev–Trinajstić information content (AvgIpc) is 2.66. The van der Waals surface area contributed by atoms with E-state index in [1.807, 2.05) is 0 Å². The Morgan fingerprint density at radius 1 is 1.35 bits per heavy atom. The monoisotopic (exact) mass is 285 g/mol. The van der Waals surface area contributed by atoms with Crippen molar-refractivity contribution in [1.29, 1.82) is 0 Å². The van der Waals surface area contributed by atoms with Gasteiger partial charge in [0.15, 0.2) is 11.5 Å². The molecule has 2 aromatic rings. The summed E-state index contributed by atoms with van der Waals surface area (Å²) in [6.07, 6.45) is -3.35. The minimum absolute atomic E-state index is 0.0139. The molecule has 20 heavy (non-hydrogen) atoms. The number of hydrogen-bond acceptors (Lipinski definition) is 3. The number of carboxylic acids is 1. The van der Waals surface area contributed by atoms with E-state index in [2.05, 4.69) is 10.1 Å². The fourth-order valence-electron chi connectivity index (χ4n) is 1.74. The predicted molar refractivity (Wildman–Crippen MR) is 62.8 cm³/mol. The van der Waals surface area contributed by atoms with Crippen molar-refractivity contribution in [1.82, 2.24) is 14.8 Å². The lowest BCUT2D eigenvalue weighted by Crippen LogP contribution is -2.09. The summed E-state index contributed by atoms with van der Waals surface area (Å²) in [7, 11) is 0. The highest BCUT2D eigenvalue weighted by Crippen LogP contribution is 2.32. The lowest BCUT2D eigenvalue weighted by atomic mass is 10.2. The molecule has 0 radical (unpaired) electrons. The first-order chi connectivity index (χ1) is 9.21. The molecule has 2 heterocycles. The van der Waals surface area contributed by atoms with Crippen molar-refractivity contribution in [3.05, 3.63) is 40.8 Å². The van der Waals surface area contributed by atoms with Gasteiger partial charge in [-0.05, 0) is 26.0 Å². The molecule has 5 nitrogen and oxygen atoms in total. The van der Waals surface area contributed by atoms with Gasteiger partial charge in [0.25, 0.3) is 0 Å². The van der Waals surface area contributed by atoms with Crippen molar-refractivity contribution in [2.45, 2.75) is 20.0 Å². The molecule has 2 rings (SSSR count). The first-order valence-electron chi connectivity index (χ1n) is 5.55. The van der Waals surface area contributed by atoms with Crippen LogP contribution in [0.4, 0.5) is 13.2 Å². The summed E-state index contributed by atoms with van der Waals surface area (Å²) in [6, 6.07) is 2.42.